The van der Waals surface area contributed by atoms with E-state index in [1.165, 1.54) is 15.9 Å². The van der Waals surface area contributed by atoms with Crippen LogP contribution in [0.25, 0.3) is 0 Å². The van der Waals surface area contributed by atoms with E-state index >= 15 is 0 Å². The fourth-order valence-corrected chi connectivity index (χ4v) is 5.41. The van der Waals surface area contributed by atoms with Gasteiger partial charge < -0.3 is 5.32 Å². The molecular weight excluding hydrogens is 454 g/mol. The van der Waals surface area contributed by atoms with Crippen LogP contribution in [0.5, 0.6) is 0 Å². The van der Waals surface area contributed by atoms with Crippen LogP contribution in [0, 0.1) is 0 Å². The van der Waals surface area contributed by atoms with Gasteiger partial charge in [0.05, 0.1) is 23.4 Å². The standard InChI is InChI=1S/C25H23N3O5S/c29-21-14-34-25(33)27(21)13-15-6-9-17(10-7-15)26-22(30)16-8-11-19-20(12-16)24(32)28(23(19)31)18-4-2-1-3-5-18/h6-12,18H,1-5,13-14H2,(H,26,30). The van der Waals surface area contributed by atoms with Crippen LogP contribution in [0.15, 0.2) is 42.5 Å². The number of nitrogens with one attached hydrogen (secondary N) is 1. The van der Waals surface area contributed by atoms with Gasteiger partial charge in [0.15, 0.2) is 0 Å². The maximum Gasteiger partial charge on any atom is 0.289 e. The zero-order chi connectivity index (χ0) is 23.8. The molecule has 2 fully saturated rings. The van der Waals surface area contributed by atoms with E-state index in [9.17, 15) is 24.0 Å². The number of fused-ring (bicyclic) bond motifs is 1. The lowest BCUT2D eigenvalue weighted by Crippen LogP contribution is -2.40. The number of carbonyl (C=O) groups excluding carboxylic acids is 5. The van der Waals surface area contributed by atoms with Crippen molar-refractivity contribution in [3.05, 3.63) is 64.7 Å². The third-order valence-electron chi connectivity index (χ3n) is 6.51. The summed E-state index contributed by atoms with van der Waals surface area (Å²) in [5, 5.41) is 2.53. The Labute approximate surface area is 200 Å². The number of thioether (sulfide) groups is 1. The Kier molecular flexibility index (Phi) is 5.95. The predicted octanol–water partition coefficient (Wildman–Crippen LogP) is 4.06. The third-order valence-corrected chi connectivity index (χ3v) is 7.37. The Bertz CT molecular complexity index is 1190. The van der Waals surface area contributed by atoms with Crippen molar-refractivity contribution in [2.24, 2.45) is 0 Å². The molecule has 0 bridgehead atoms. The zero-order valence-electron chi connectivity index (χ0n) is 18.4. The molecule has 0 radical (unpaired) electrons. The SMILES string of the molecule is O=C(Nc1ccc(CN2C(=O)CSC2=O)cc1)c1ccc2c(c1)C(=O)N(C1CCCCC1)C2=O. The van der Waals surface area contributed by atoms with Crippen molar-refractivity contribution in [1.82, 2.24) is 9.80 Å². The van der Waals surface area contributed by atoms with E-state index in [2.05, 4.69) is 5.32 Å². The van der Waals surface area contributed by atoms with E-state index in [-0.39, 0.29) is 46.9 Å². The fourth-order valence-electron chi connectivity index (χ4n) is 4.68. The predicted molar refractivity (Wildman–Crippen MR) is 127 cm³/mol. The molecule has 5 rings (SSSR count). The monoisotopic (exact) mass is 477 g/mol. The summed E-state index contributed by atoms with van der Waals surface area (Å²) in [5.41, 5.74) is 2.22. The summed E-state index contributed by atoms with van der Waals surface area (Å²) in [6, 6.07) is 11.4. The highest BCUT2D eigenvalue weighted by Gasteiger charge is 2.40. The summed E-state index contributed by atoms with van der Waals surface area (Å²) in [5.74, 6) is -1.04. The normalized spacial score (nSPS) is 18.6. The number of anilines is 1. The molecule has 2 aromatic carbocycles. The molecule has 2 aromatic rings. The molecule has 0 atom stereocenters. The summed E-state index contributed by atoms with van der Waals surface area (Å²) in [6.07, 6.45) is 4.79. The Morgan fingerprint density at radius 2 is 1.62 bits per heavy atom. The quantitative estimate of drug-likeness (QED) is 0.652. The molecule has 1 saturated carbocycles. The van der Waals surface area contributed by atoms with Gasteiger partial charge in [-0.05, 0) is 48.7 Å². The maximum absolute atomic E-state index is 13.0. The van der Waals surface area contributed by atoms with E-state index in [4.69, 9.17) is 0 Å². The van der Waals surface area contributed by atoms with Crippen molar-refractivity contribution in [1.29, 1.82) is 0 Å². The van der Waals surface area contributed by atoms with Gasteiger partial charge in [-0.15, -0.1) is 0 Å². The second kappa shape index (κ2) is 9.06. The van der Waals surface area contributed by atoms with Gasteiger partial charge in [-0.25, -0.2) is 0 Å². The van der Waals surface area contributed by atoms with E-state index in [1.54, 1.807) is 36.4 Å². The first-order valence-corrected chi connectivity index (χ1v) is 12.3. The Morgan fingerprint density at radius 3 is 2.29 bits per heavy atom. The molecule has 2 heterocycles. The van der Waals surface area contributed by atoms with E-state index < -0.39 is 5.91 Å². The number of imide groups is 2. The number of hydrogen-bond acceptors (Lipinski definition) is 6. The van der Waals surface area contributed by atoms with Gasteiger partial charge in [-0.3, -0.25) is 33.8 Å². The average Bonchev–Trinajstić information content (AvgIpc) is 3.30. The Balaban J connectivity index is 1.27. The first kappa shape index (κ1) is 22.3. The lowest BCUT2D eigenvalue weighted by molar-refractivity contribution is -0.125. The van der Waals surface area contributed by atoms with Crippen molar-refractivity contribution >= 4 is 46.3 Å². The minimum Gasteiger partial charge on any atom is -0.322 e. The molecule has 0 spiro atoms. The molecule has 8 nitrogen and oxygen atoms in total. The molecule has 0 aromatic heterocycles. The van der Waals surface area contributed by atoms with Gasteiger partial charge in [0.2, 0.25) is 5.91 Å². The summed E-state index contributed by atoms with van der Waals surface area (Å²) >= 11 is 0.991. The molecular formula is C25H23N3O5S. The fraction of sp³-hybridized carbons (Fsp3) is 0.320. The summed E-state index contributed by atoms with van der Waals surface area (Å²) in [7, 11) is 0. The van der Waals surface area contributed by atoms with Crippen molar-refractivity contribution in [2.45, 2.75) is 44.7 Å². The number of rotatable bonds is 5. The Hall–Kier alpha value is -3.46. The van der Waals surface area contributed by atoms with E-state index in [0.717, 1.165) is 49.4 Å². The number of nitrogens with zero attached hydrogens (tertiary/aromatic N) is 2. The minimum absolute atomic E-state index is 0.0679. The molecule has 3 aliphatic rings. The lowest BCUT2D eigenvalue weighted by atomic mass is 9.94. The maximum atomic E-state index is 13.0. The lowest BCUT2D eigenvalue weighted by Gasteiger charge is -2.29. The smallest absolute Gasteiger partial charge is 0.289 e. The molecule has 0 unspecified atom stereocenters. The highest BCUT2D eigenvalue weighted by molar-refractivity contribution is 8.14. The summed E-state index contributed by atoms with van der Waals surface area (Å²) in [4.78, 5) is 64.7. The van der Waals surface area contributed by atoms with Crippen molar-refractivity contribution in [3.63, 3.8) is 0 Å². The molecule has 174 valence electrons. The van der Waals surface area contributed by atoms with Crippen LogP contribution in [0.2, 0.25) is 0 Å². The molecule has 2 aliphatic heterocycles. The summed E-state index contributed by atoms with van der Waals surface area (Å²) < 4.78 is 0. The number of amides is 5. The van der Waals surface area contributed by atoms with E-state index in [0.29, 0.717) is 16.8 Å². The van der Waals surface area contributed by atoms with Crippen LogP contribution < -0.4 is 5.32 Å². The molecule has 1 aliphatic carbocycles. The molecule has 34 heavy (non-hydrogen) atoms. The minimum atomic E-state index is -0.395. The second-order valence-electron chi connectivity index (χ2n) is 8.72. The van der Waals surface area contributed by atoms with Crippen LogP contribution in [0.3, 0.4) is 0 Å². The molecule has 1 saturated heterocycles. The van der Waals surface area contributed by atoms with Gasteiger partial charge in [0.1, 0.15) is 0 Å². The van der Waals surface area contributed by atoms with Crippen LogP contribution in [0.1, 0.15) is 68.7 Å². The van der Waals surface area contributed by atoms with Crippen LogP contribution in [-0.2, 0) is 11.3 Å². The third kappa shape index (κ3) is 4.11. The van der Waals surface area contributed by atoms with Crippen molar-refractivity contribution in [3.8, 4) is 0 Å². The van der Waals surface area contributed by atoms with Crippen LogP contribution in [-0.4, -0.2) is 50.5 Å². The Morgan fingerprint density at radius 1 is 0.912 bits per heavy atom. The zero-order valence-corrected chi connectivity index (χ0v) is 19.2. The largest absolute Gasteiger partial charge is 0.322 e. The van der Waals surface area contributed by atoms with Crippen molar-refractivity contribution < 1.29 is 24.0 Å². The van der Waals surface area contributed by atoms with Gasteiger partial charge in [-0.2, -0.15) is 0 Å². The van der Waals surface area contributed by atoms with E-state index in [1.807, 2.05) is 0 Å². The number of hydrogen-bond donors (Lipinski definition) is 1. The molecule has 1 N–H and O–H groups in total. The first-order valence-electron chi connectivity index (χ1n) is 11.3. The van der Waals surface area contributed by atoms with Gasteiger partial charge in [0, 0.05) is 17.3 Å². The second-order valence-corrected chi connectivity index (χ2v) is 9.64. The van der Waals surface area contributed by atoms with Crippen LogP contribution in [0.4, 0.5) is 10.5 Å². The highest BCUT2D eigenvalue weighted by Crippen LogP contribution is 2.31. The summed E-state index contributed by atoms with van der Waals surface area (Å²) in [6.45, 7) is 0.192. The average molecular weight is 478 g/mol. The first-order chi connectivity index (χ1) is 16.4. The van der Waals surface area contributed by atoms with Gasteiger partial charge in [-0.1, -0.05) is 43.2 Å². The number of carbonyl (C=O) groups is 5. The van der Waals surface area contributed by atoms with Gasteiger partial charge >= 0.3 is 0 Å². The number of benzene rings is 2. The van der Waals surface area contributed by atoms with Crippen LogP contribution >= 0.6 is 11.8 Å². The molecule has 9 heteroatoms. The molecule has 5 amide bonds. The van der Waals surface area contributed by atoms with Gasteiger partial charge in [0.25, 0.3) is 23.0 Å². The van der Waals surface area contributed by atoms with Crippen molar-refractivity contribution in [2.75, 3.05) is 11.1 Å². The topological polar surface area (TPSA) is 104 Å². The highest BCUT2D eigenvalue weighted by atomic mass is 32.2.